The van der Waals surface area contributed by atoms with Gasteiger partial charge in [-0.2, -0.15) is 0 Å². The van der Waals surface area contributed by atoms with Crippen LogP contribution < -0.4 is 11.1 Å². The quantitative estimate of drug-likeness (QED) is 0.526. The lowest BCUT2D eigenvalue weighted by molar-refractivity contribution is 0.100. The second kappa shape index (κ2) is 7.67. The second-order valence-electron chi connectivity index (χ2n) is 6.65. The number of pyridine rings is 1. The molecule has 29 heavy (non-hydrogen) atoms. The van der Waals surface area contributed by atoms with Gasteiger partial charge in [-0.25, -0.2) is 9.97 Å². The minimum Gasteiger partial charge on any atom is -0.365 e. The van der Waals surface area contributed by atoms with Gasteiger partial charge >= 0.3 is 0 Å². The van der Waals surface area contributed by atoms with Gasteiger partial charge in [0, 0.05) is 12.7 Å². The number of carbonyl (C=O) groups is 1. The summed E-state index contributed by atoms with van der Waals surface area (Å²) in [6.07, 6.45) is 2.51. The number of rotatable bonds is 6. The number of hydrogen-bond donors (Lipinski definition) is 2. The Kier molecular flexibility index (Phi) is 4.90. The molecule has 0 aliphatic rings. The van der Waals surface area contributed by atoms with Gasteiger partial charge < -0.3 is 11.1 Å². The van der Waals surface area contributed by atoms with E-state index in [-0.39, 0.29) is 0 Å². The summed E-state index contributed by atoms with van der Waals surface area (Å²) in [5.41, 5.74) is 9.63. The molecular weight excluding hydrogens is 366 g/mol. The SMILES string of the molecule is CCc1nnc(-c2c(C)nc3c(C(N)=O)cccn23)nc1NCc1ccccc1. The molecule has 1 aromatic carbocycles. The molecule has 0 saturated carbocycles. The fourth-order valence-electron chi connectivity index (χ4n) is 3.25. The number of imidazole rings is 1. The Morgan fingerprint density at radius 1 is 1.10 bits per heavy atom. The van der Waals surface area contributed by atoms with Crippen LogP contribution in [0.3, 0.4) is 0 Å². The van der Waals surface area contributed by atoms with Crippen molar-refractivity contribution in [2.24, 2.45) is 5.73 Å². The van der Waals surface area contributed by atoms with Crippen molar-refractivity contribution in [2.75, 3.05) is 5.32 Å². The molecule has 3 heterocycles. The summed E-state index contributed by atoms with van der Waals surface area (Å²) in [7, 11) is 0. The highest BCUT2D eigenvalue weighted by Crippen LogP contribution is 2.25. The molecule has 0 atom stereocenters. The Hall–Kier alpha value is -3.81. The van der Waals surface area contributed by atoms with E-state index < -0.39 is 5.91 Å². The average Bonchev–Trinajstić information content (AvgIpc) is 3.08. The largest absolute Gasteiger partial charge is 0.365 e. The monoisotopic (exact) mass is 387 g/mol. The van der Waals surface area contributed by atoms with E-state index in [1.807, 2.05) is 50.4 Å². The number of aromatic nitrogens is 5. The van der Waals surface area contributed by atoms with Crippen molar-refractivity contribution < 1.29 is 4.79 Å². The van der Waals surface area contributed by atoms with Gasteiger partial charge in [0.2, 0.25) is 5.82 Å². The molecule has 0 saturated heterocycles. The van der Waals surface area contributed by atoms with Crippen molar-refractivity contribution in [3.63, 3.8) is 0 Å². The lowest BCUT2D eigenvalue weighted by atomic mass is 10.2. The normalized spacial score (nSPS) is 11.0. The predicted molar refractivity (Wildman–Crippen MR) is 110 cm³/mol. The van der Waals surface area contributed by atoms with E-state index in [9.17, 15) is 4.79 Å². The highest BCUT2D eigenvalue weighted by molar-refractivity contribution is 5.99. The van der Waals surface area contributed by atoms with E-state index in [4.69, 9.17) is 10.7 Å². The summed E-state index contributed by atoms with van der Waals surface area (Å²) in [4.78, 5) is 21.0. The molecule has 0 unspecified atom stereocenters. The Balaban J connectivity index is 1.77. The Morgan fingerprint density at radius 3 is 2.62 bits per heavy atom. The molecule has 0 spiro atoms. The number of nitrogens with zero attached hydrogens (tertiary/aromatic N) is 5. The summed E-state index contributed by atoms with van der Waals surface area (Å²) in [5, 5.41) is 12.0. The summed E-state index contributed by atoms with van der Waals surface area (Å²) < 4.78 is 1.78. The van der Waals surface area contributed by atoms with E-state index in [1.165, 1.54) is 0 Å². The Labute approximate surface area is 167 Å². The van der Waals surface area contributed by atoms with Crippen LogP contribution in [-0.4, -0.2) is 30.5 Å². The summed E-state index contributed by atoms with van der Waals surface area (Å²) >= 11 is 0. The van der Waals surface area contributed by atoms with Crippen LogP contribution in [0.5, 0.6) is 0 Å². The van der Waals surface area contributed by atoms with Crippen LogP contribution in [0.4, 0.5) is 5.82 Å². The summed E-state index contributed by atoms with van der Waals surface area (Å²) in [6, 6.07) is 13.5. The minimum atomic E-state index is -0.530. The number of benzene rings is 1. The first kappa shape index (κ1) is 18.5. The lowest BCUT2D eigenvalue weighted by Crippen LogP contribution is -2.13. The third-order valence-electron chi connectivity index (χ3n) is 4.70. The van der Waals surface area contributed by atoms with Gasteiger partial charge in [-0.15, -0.1) is 10.2 Å². The van der Waals surface area contributed by atoms with Gasteiger partial charge in [0.05, 0.1) is 11.3 Å². The van der Waals surface area contributed by atoms with E-state index >= 15 is 0 Å². The number of nitrogens with two attached hydrogens (primary N) is 1. The maximum Gasteiger partial charge on any atom is 0.252 e. The van der Waals surface area contributed by atoms with E-state index in [0.717, 1.165) is 11.3 Å². The van der Waals surface area contributed by atoms with Crippen molar-refractivity contribution in [3.8, 4) is 11.5 Å². The van der Waals surface area contributed by atoms with E-state index in [2.05, 4.69) is 20.5 Å². The summed E-state index contributed by atoms with van der Waals surface area (Å²) in [5.74, 6) is 0.587. The molecule has 8 nitrogen and oxygen atoms in total. The molecule has 0 fully saturated rings. The van der Waals surface area contributed by atoms with Crippen LogP contribution in [0.15, 0.2) is 48.7 Å². The van der Waals surface area contributed by atoms with Crippen LogP contribution in [0.2, 0.25) is 0 Å². The van der Waals surface area contributed by atoms with Crippen LogP contribution in [0.1, 0.15) is 34.2 Å². The van der Waals surface area contributed by atoms with Gasteiger partial charge in [-0.3, -0.25) is 9.20 Å². The van der Waals surface area contributed by atoms with Crippen LogP contribution in [0.25, 0.3) is 17.2 Å². The maximum atomic E-state index is 11.7. The highest BCUT2D eigenvalue weighted by atomic mass is 16.1. The maximum absolute atomic E-state index is 11.7. The minimum absolute atomic E-state index is 0.349. The second-order valence-corrected chi connectivity index (χ2v) is 6.65. The molecule has 146 valence electrons. The van der Waals surface area contributed by atoms with E-state index in [1.54, 1.807) is 16.5 Å². The molecule has 8 heteroatoms. The topological polar surface area (TPSA) is 111 Å². The first-order valence-electron chi connectivity index (χ1n) is 9.37. The van der Waals surface area contributed by atoms with Gasteiger partial charge in [0.1, 0.15) is 17.0 Å². The van der Waals surface area contributed by atoms with Gasteiger partial charge in [-0.1, -0.05) is 37.3 Å². The number of primary amides is 1. The number of aryl methyl sites for hydroxylation is 2. The molecule has 3 N–H and O–H groups in total. The number of amides is 1. The molecular formula is C21H21N7O. The van der Waals surface area contributed by atoms with Crippen LogP contribution >= 0.6 is 0 Å². The zero-order chi connectivity index (χ0) is 20.4. The van der Waals surface area contributed by atoms with E-state index in [0.29, 0.717) is 47.2 Å². The van der Waals surface area contributed by atoms with Crippen molar-refractivity contribution in [2.45, 2.75) is 26.8 Å². The molecule has 1 amide bonds. The van der Waals surface area contributed by atoms with Gasteiger partial charge in [0.25, 0.3) is 5.91 Å². The first-order valence-corrected chi connectivity index (χ1v) is 9.37. The fraction of sp³-hybridized carbons (Fsp3) is 0.190. The number of anilines is 1. The van der Waals surface area contributed by atoms with Crippen LogP contribution in [-0.2, 0) is 13.0 Å². The van der Waals surface area contributed by atoms with Crippen molar-refractivity contribution in [1.82, 2.24) is 24.6 Å². The predicted octanol–water partition coefficient (Wildman–Crippen LogP) is 2.77. The van der Waals surface area contributed by atoms with Crippen molar-refractivity contribution >= 4 is 17.4 Å². The fourth-order valence-corrected chi connectivity index (χ4v) is 3.25. The zero-order valence-electron chi connectivity index (χ0n) is 16.3. The Bertz CT molecular complexity index is 1180. The first-order chi connectivity index (χ1) is 14.1. The standard InChI is InChI=1S/C21H21N7O/c1-3-16-19(23-12-14-8-5-4-6-9-14)25-20(27-26-16)17-13(2)24-21-15(18(22)29)10-7-11-28(17)21/h4-11H,3,12H2,1-2H3,(H2,22,29)(H,23,25,27). The number of carbonyl (C=O) groups excluding carboxylic acids is 1. The number of nitrogens with one attached hydrogen (secondary N) is 1. The average molecular weight is 387 g/mol. The van der Waals surface area contributed by atoms with Gasteiger partial charge in [0.15, 0.2) is 5.82 Å². The van der Waals surface area contributed by atoms with Crippen LogP contribution in [0, 0.1) is 6.92 Å². The zero-order valence-corrected chi connectivity index (χ0v) is 16.3. The van der Waals surface area contributed by atoms with Gasteiger partial charge in [-0.05, 0) is 31.0 Å². The molecule has 0 radical (unpaired) electrons. The molecule has 4 rings (SSSR count). The third-order valence-corrected chi connectivity index (χ3v) is 4.70. The number of fused-ring (bicyclic) bond motifs is 1. The molecule has 0 bridgehead atoms. The highest BCUT2D eigenvalue weighted by Gasteiger charge is 2.19. The van der Waals surface area contributed by atoms with Crippen molar-refractivity contribution in [1.29, 1.82) is 0 Å². The molecule has 4 aromatic rings. The number of hydrogen-bond acceptors (Lipinski definition) is 6. The molecule has 0 aliphatic heterocycles. The smallest absolute Gasteiger partial charge is 0.252 e. The molecule has 3 aromatic heterocycles. The lowest BCUT2D eigenvalue weighted by Gasteiger charge is -2.11. The van der Waals surface area contributed by atoms with Crippen molar-refractivity contribution in [3.05, 3.63) is 71.2 Å². The third kappa shape index (κ3) is 3.52. The Morgan fingerprint density at radius 2 is 1.90 bits per heavy atom. The summed E-state index contributed by atoms with van der Waals surface area (Å²) in [6.45, 7) is 4.49. The molecule has 0 aliphatic carbocycles.